The normalized spacial score (nSPS) is 12.2. The number of aromatic nitrogens is 2. The second kappa shape index (κ2) is 6.92. The first-order chi connectivity index (χ1) is 9.19. The smallest absolute Gasteiger partial charge is 0.272 e. The zero-order valence-corrected chi connectivity index (χ0v) is 12.7. The molecule has 0 saturated carbocycles. The highest BCUT2D eigenvalue weighted by Gasteiger charge is 2.15. The van der Waals surface area contributed by atoms with Crippen LogP contribution in [0.15, 0.2) is 6.20 Å². The van der Waals surface area contributed by atoms with Gasteiger partial charge in [0, 0.05) is 18.0 Å². The van der Waals surface area contributed by atoms with Gasteiger partial charge in [0.2, 0.25) is 0 Å². The van der Waals surface area contributed by atoms with Gasteiger partial charge < -0.3 is 10.1 Å². The van der Waals surface area contributed by atoms with Gasteiger partial charge in [-0.15, -0.1) is 0 Å². The highest BCUT2D eigenvalue weighted by Crippen LogP contribution is 2.19. The lowest BCUT2D eigenvalue weighted by atomic mass is 10.1. The molecule has 0 saturated heterocycles. The van der Waals surface area contributed by atoms with Crippen molar-refractivity contribution in [2.24, 2.45) is 0 Å². The summed E-state index contributed by atoms with van der Waals surface area (Å²) in [5.74, 6) is 1.17. The summed E-state index contributed by atoms with van der Waals surface area (Å²) in [5.41, 5.74) is 0.516. The second-order valence-corrected chi connectivity index (χ2v) is 6.00. The molecule has 0 radical (unpaired) electrons. The van der Waals surface area contributed by atoms with Gasteiger partial charge in [-0.25, -0.2) is 18.7 Å². The molecule has 6 heteroatoms. The summed E-state index contributed by atoms with van der Waals surface area (Å²) in [4.78, 5) is 8.56. The number of halogens is 2. The number of nitrogens with one attached hydrogen (secondary N) is 1. The third-order valence-corrected chi connectivity index (χ3v) is 2.52. The van der Waals surface area contributed by atoms with Crippen LogP contribution in [0.3, 0.4) is 0 Å². The molecule has 4 nitrogen and oxygen atoms in total. The molecule has 0 atom stereocenters. The molecular weight excluding hydrogens is 264 g/mol. The number of nitrogens with zero attached hydrogens (tertiary/aromatic N) is 2. The maximum absolute atomic E-state index is 12.3. The van der Waals surface area contributed by atoms with Crippen molar-refractivity contribution in [1.29, 1.82) is 0 Å². The van der Waals surface area contributed by atoms with E-state index in [4.69, 9.17) is 4.74 Å². The summed E-state index contributed by atoms with van der Waals surface area (Å²) in [7, 11) is 0. The van der Waals surface area contributed by atoms with Crippen molar-refractivity contribution in [3.05, 3.63) is 17.7 Å². The molecule has 0 spiro atoms. The second-order valence-electron chi connectivity index (χ2n) is 6.00. The Morgan fingerprint density at radius 1 is 1.30 bits per heavy atom. The van der Waals surface area contributed by atoms with Gasteiger partial charge in [-0.3, -0.25) is 0 Å². The summed E-state index contributed by atoms with van der Waals surface area (Å²) in [6.45, 7) is 9.84. The van der Waals surface area contributed by atoms with Gasteiger partial charge >= 0.3 is 0 Å². The van der Waals surface area contributed by atoms with Crippen LogP contribution in [0.2, 0.25) is 0 Å². The molecule has 1 N–H and O–H groups in total. The van der Waals surface area contributed by atoms with E-state index in [0.717, 1.165) is 0 Å². The lowest BCUT2D eigenvalue weighted by Gasteiger charge is -2.21. The van der Waals surface area contributed by atoms with Gasteiger partial charge in [-0.1, -0.05) is 13.8 Å². The maximum Gasteiger partial charge on any atom is 0.272 e. The Hall–Kier alpha value is -1.30. The summed E-state index contributed by atoms with van der Waals surface area (Å²) in [6.07, 6.45) is -1.03. The molecule has 0 aromatic carbocycles. The monoisotopic (exact) mass is 287 g/mol. The largest absolute Gasteiger partial charge is 0.484 e. The summed E-state index contributed by atoms with van der Waals surface area (Å²) in [5, 5.41) is 3.27. The molecule has 1 aromatic rings. The number of ether oxygens (including phenoxy) is 1. The third kappa shape index (κ3) is 5.77. The van der Waals surface area contributed by atoms with E-state index in [2.05, 4.69) is 15.3 Å². The molecule has 114 valence electrons. The zero-order chi connectivity index (χ0) is 15.3. The lowest BCUT2D eigenvalue weighted by molar-refractivity contribution is 0.0808. The summed E-state index contributed by atoms with van der Waals surface area (Å²) >= 11 is 0. The Morgan fingerprint density at radius 2 is 1.95 bits per heavy atom. The van der Waals surface area contributed by atoms with Crippen molar-refractivity contribution in [3.63, 3.8) is 0 Å². The quantitative estimate of drug-likeness (QED) is 0.873. The minimum atomic E-state index is -2.51. The van der Waals surface area contributed by atoms with Crippen molar-refractivity contribution in [2.75, 3.05) is 6.61 Å². The average molecular weight is 287 g/mol. The molecule has 0 aliphatic heterocycles. The topological polar surface area (TPSA) is 47.0 Å². The van der Waals surface area contributed by atoms with Crippen molar-refractivity contribution in [1.82, 2.24) is 15.3 Å². The Bertz CT molecular complexity index is 431. The van der Waals surface area contributed by atoms with Crippen LogP contribution in [0.1, 0.15) is 52.1 Å². The predicted octanol–water partition coefficient (Wildman–Crippen LogP) is 3.13. The van der Waals surface area contributed by atoms with Crippen LogP contribution in [0.25, 0.3) is 0 Å². The third-order valence-electron chi connectivity index (χ3n) is 2.52. The molecule has 0 aliphatic carbocycles. The molecular formula is C14H23F2N3O. The first kappa shape index (κ1) is 16.8. The Kier molecular flexibility index (Phi) is 5.80. The number of rotatable bonds is 6. The average Bonchev–Trinajstić information content (AvgIpc) is 2.33. The van der Waals surface area contributed by atoms with Gasteiger partial charge in [-0.2, -0.15) is 0 Å². The molecule has 0 bridgehead atoms. The van der Waals surface area contributed by atoms with E-state index in [0.29, 0.717) is 23.8 Å². The van der Waals surface area contributed by atoms with Crippen LogP contribution >= 0.6 is 0 Å². The molecule has 1 rings (SSSR count). The lowest BCUT2D eigenvalue weighted by Crippen LogP contribution is -2.35. The Labute approximate surface area is 119 Å². The van der Waals surface area contributed by atoms with Crippen LogP contribution in [0.4, 0.5) is 8.78 Å². The fraction of sp³-hybridized carbons (Fsp3) is 0.714. The van der Waals surface area contributed by atoms with E-state index in [1.165, 1.54) is 6.20 Å². The van der Waals surface area contributed by atoms with Gasteiger partial charge in [0.1, 0.15) is 12.4 Å². The van der Waals surface area contributed by atoms with Gasteiger partial charge in [0.05, 0.1) is 11.9 Å². The standard InChI is InChI=1S/C14H23F2N3O/c1-9(2)13-17-7-11(20-8-12(15)16)10(19-13)6-18-14(3,4)5/h7,9,12,18H,6,8H2,1-5H3. The van der Waals surface area contributed by atoms with Crippen molar-refractivity contribution < 1.29 is 13.5 Å². The molecule has 1 heterocycles. The first-order valence-electron chi connectivity index (χ1n) is 6.71. The minimum Gasteiger partial charge on any atom is -0.484 e. The van der Waals surface area contributed by atoms with Gasteiger partial charge in [-0.05, 0) is 20.8 Å². The minimum absolute atomic E-state index is 0.0943. The first-order valence-corrected chi connectivity index (χ1v) is 6.71. The SMILES string of the molecule is CC(C)c1ncc(OCC(F)F)c(CNC(C)(C)C)n1. The number of alkyl halides is 2. The van der Waals surface area contributed by atoms with Crippen LogP contribution in [0, 0.1) is 0 Å². The van der Waals surface area contributed by atoms with Crippen LogP contribution < -0.4 is 10.1 Å². The Morgan fingerprint density at radius 3 is 2.45 bits per heavy atom. The van der Waals surface area contributed by atoms with Crippen molar-refractivity contribution >= 4 is 0 Å². The predicted molar refractivity (Wildman–Crippen MR) is 74.2 cm³/mol. The molecule has 0 aliphatic rings. The van der Waals surface area contributed by atoms with E-state index < -0.39 is 13.0 Å². The highest BCUT2D eigenvalue weighted by atomic mass is 19.3. The van der Waals surface area contributed by atoms with Crippen molar-refractivity contribution in [3.8, 4) is 5.75 Å². The molecule has 0 unspecified atom stereocenters. The molecule has 20 heavy (non-hydrogen) atoms. The highest BCUT2D eigenvalue weighted by molar-refractivity contribution is 5.25. The molecule has 1 aromatic heterocycles. The van der Waals surface area contributed by atoms with Gasteiger partial charge in [0.25, 0.3) is 6.43 Å². The van der Waals surface area contributed by atoms with Crippen LogP contribution in [-0.2, 0) is 6.54 Å². The zero-order valence-electron chi connectivity index (χ0n) is 12.7. The fourth-order valence-electron chi connectivity index (χ4n) is 1.45. The number of hydrogen-bond acceptors (Lipinski definition) is 4. The summed E-state index contributed by atoms with van der Waals surface area (Å²) in [6, 6.07) is 0. The van der Waals surface area contributed by atoms with E-state index in [9.17, 15) is 8.78 Å². The fourth-order valence-corrected chi connectivity index (χ4v) is 1.45. The number of hydrogen-bond donors (Lipinski definition) is 1. The Balaban J connectivity index is 2.91. The maximum atomic E-state index is 12.3. The van der Waals surface area contributed by atoms with E-state index in [-0.39, 0.29) is 11.5 Å². The van der Waals surface area contributed by atoms with E-state index in [1.54, 1.807) is 0 Å². The van der Waals surface area contributed by atoms with Crippen molar-refractivity contribution in [2.45, 2.75) is 59.0 Å². The van der Waals surface area contributed by atoms with E-state index in [1.807, 2.05) is 34.6 Å². The molecule has 0 fully saturated rings. The molecule has 0 amide bonds. The van der Waals surface area contributed by atoms with E-state index >= 15 is 0 Å². The van der Waals surface area contributed by atoms with Gasteiger partial charge in [0.15, 0.2) is 5.75 Å². The van der Waals surface area contributed by atoms with Crippen LogP contribution in [-0.4, -0.2) is 28.5 Å². The summed E-state index contributed by atoms with van der Waals surface area (Å²) < 4.78 is 29.6. The van der Waals surface area contributed by atoms with Crippen LogP contribution in [0.5, 0.6) is 5.75 Å².